The molecule has 0 saturated carbocycles. The van der Waals surface area contributed by atoms with Crippen molar-refractivity contribution in [3.8, 4) is 17.0 Å². The molecule has 8 heteroatoms. The van der Waals surface area contributed by atoms with Crippen LogP contribution in [0.1, 0.15) is 70.7 Å². The van der Waals surface area contributed by atoms with E-state index in [2.05, 4.69) is 65.3 Å². The Hall–Kier alpha value is -3.46. The van der Waals surface area contributed by atoms with E-state index in [0.717, 1.165) is 61.7 Å². The van der Waals surface area contributed by atoms with Crippen LogP contribution in [0.15, 0.2) is 66.7 Å². The molecule has 1 aromatic heterocycles. The monoisotopic (exact) mass is 640 g/mol. The summed E-state index contributed by atoms with van der Waals surface area (Å²) in [6, 6.07) is 23.3. The number of hydrogen-bond donors (Lipinski definition) is 1. The lowest BCUT2D eigenvalue weighted by Gasteiger charge is -2.53. The molecule has 4 heterocycles. The largest absolute Gasteiger partial charge is 0.493 e. The van der Waals surface area contributed by atoms with Gasteiger partial charge in [0.15, 0.2) is 0 Å². The first kappa shape index (κ1) is 33.4. The molecule has 3 aliphatic rings. The summed E-state index contributed by atoms with van der Waals surface area (Å²) in [7, 11) is 0. The maximum absolute atomic E-state index is 13.3. The summed E-state index contributed by atoms with van der Waals surface area (Å²) in [4.78, 5) is 25.5. The molecular formula is C39H52N4O4. The van der Waals surface area contributed by atoms with Crippen LogP contribution in [-0.2, 0) is 23.2 Å². The fourth-order valence-corrected chi connectivity index (χ4v) is 8.18. The first-order chi connectivity index (χ1) is 22.6. The lowest BCUT2D eigenvalue weighted by molar-refractivity contribution is 0.0101. The van der Waals surface area contributed by atoms with Gasteiger partial charge in [0.25, 0.3) is 0 Å². The zero-order valence-electron chi connectivity index (χ0n) is 28.8. The van der Waals surface area contributed by atoms with Gasteiger partial charge in [0.05, 0.1) is 36.7 Å². The summed E-state index contributed by atoms with van der Waals surface area (Å²) in [5.74, 6) is 1.29. The van der Waals surface area contributed by atoms with E-state index in [0.29, 0.717) is 38.6 Å². The Labute approximate surface area is 280 Å². The predicted molar refractivity (Wildman–Crippen MR) is 185 cm³/mol. The third-order valence-electron chi connectivity index (χ3n) is 10.2. The van der Waals surface area contributed by atoms with Gasteiger partial charge in [-0.1, -0.05) is 61.9 Å². The lowest BCUT2D eigenvalue weighted by atomic mass is 9.62. The van der Waals surface area contributed by atoms with Gasteiger partial charge in [-0.15, -0.1) is 0 Å². The van der Waals surface area contributed by atoms with E-state index in [-0.39, 0.29) is 17.6 Å². The van der Waals surface area contributed by atoms with Crippen LogP contribution in [0.25, 0.3) is 11.3 Å². The molecular weight excluding hydrogens is 588 g/mol. The molecule has 0 radical (unpaired) electrons. The van der Waals surface area contributed by atoms with Gasteiger partial charge in [-0.3, -0.25) is 14.8 Å². The number of likely N-dealkylation sites (tertiary alicyclic amines) is 2. The fraction of sp³-hybridized carbons (Fsp3) is 0.538. The molecule has 3 aromatic rings. The van der Waals surface area contributed by atoms with Gasteiger partial charge in [-0.05, 0) is 82.3 Å². The van der Waals surface area contributed by atoms with Crippen LogP contribution in [0.4, 0.5) is 4.79 Å². The van der Waals surface area contributed by atoms with E-state index in [1.807, 2.05) is 45.9 Å². The highest BCUT2D eigenvalue weighted by Gasteiger charge is 2.49. The van der Waals surface area contributed by atoms with Crippen molar-refractivity contribution in [1.29, 1.82) is 0 Å². The maximum Gasteiger partial charge on any atom is 0.410 e. The summed E-state index contributed by atoms with van der Waals surface area (Å²) in [6.07, 6.45) is 1.76. The third kappa shape index (κ3) is 7.35. The van der Waals surface area contributed by atoms with Crippen LogP contribution in [0, 0.1) is 5.92 Å². The van der Waals surface area contributed by atoms with Gasteiger partial charge in [-0.2, -0.15) is 0 Å². The quantitative estimate of drug-likeness (QED) is 0.301. The van der Waals surface area contributed by atoms with Crippen LogP contribution in [-0.4, -0.2) is 88.0 Å². The number of carbonyl (C=O) groups is 1. The van der Waals surface area contributed by atoms with Crippen molar-refractivity contribution in [2.24, 2.45) is 5.92 Å². The van der Waals surface area contributed by atoms with Crippen molar-refractivity contribution in [3.63, 3.8) is 0 Å². The molecule has 1 spiro atoms. The van der Waals surface area contributed by atoms with Crippen molar-refractivity contribution in [1.82, 2.24) is 19.7 Å². The Balaban J connectivity index is 1.33. The number of para-hydroxylation sites is 1. The number of aromatic nitrogens is 1. The average molecular weight is 641 g/mol. The zero-order valence-corrected chi connectivity index (χ0v) is 28.8. The minimum absolute atomic E-state index is 0.0611. The predicted octanol–water partition coefficient (Wildman–Crippen LogP) is 6.50. The smallest absolute Gasteiger partial charge is 0.410 e. The highest BCUT2D eigenvalue weighted by atomic mass is 16.6. The number of benzene rings is 2. The average Bonchev–Trinajstić information content (AvgIpc) is 3.41. The number of rotatable bonds is 8. The van der Waals surface area contributed by atoms with E-state index >= 15 is 0 Å². The van der Waals surface area contributed by atoms with Gasteiger partial charge in [0.1, 0.15) is 11.4 Å². The number of ether oxygens (including phenoxy) is 2. The normalized spacial score (nSPS) is 25.1. The molecule has 6 rings (SSSR count). The van der Waals surface area contributed by atoms with Crippen LogP contribution in [0.2, 0.25) is 0 Å². The number of aliphatic hydroxyl groups excluding tert-OH is 1. The number of carbonyl (C=O) groups excluding carboxylic acids is 1. The molecule has 47 heavy (non-hydrogen) atoms. The number of amides is 1. The van der Waals surface area contributed by atoms with Gasteiger partial charge in [0, 0.05) is 43.7 Å². The minimum atomic E-state index is -0.594. The Morgan fingerprint density at radius 3 is 2.51 bits per heavy atom. The topological polar surface area (TPSA) is 78.4 Å². The van der Waals surface area contributed by atoms with Crippen molar-refractivity contribution in [2.75, 3.05) is 39.3 Å². The first-order valence-electron chi connectivity index (χ1n) is 17.5. The van der Waals surface area contributed by atoms with E-state index in [4.69, 9.17) is 14.5 Å². The SMILES string of the molecule is CCOc1ccccc1-c1ccc2c(n1)CN(C[C@H]1C[C@H](O)CN1C(=O)OC(C)(C)C)CC21CCN(Cc2ccccc2)CC1CC. The van der Waals surface area contributed by atoms with Crippen LogP contribution >= 0.6 is 0 Å². The van der Waals surface area contributed by atoms with E-state index < -0.39 is 11.7 Å². The molecule has 2 aromatic carbocycles. The molecule has 2 unspecified atom stereocenters. The second-order valence-electron chi connectivity index (χ2n) is 14.7. The highest BCUT2D eigenvalue weighted by Crippen LogP contribution is 2.47. The van der Waals surface area contributed by atoms with Crippen LogP contribution in [0.5, 0.6) is 5.75 Å². The number of pyridine rings is 1. The Kier molecular flexibility index (Phi) is 9.93. The number of hydrogen-bond acceptors (Lipinski definition) is 7. The van der Waals surface area contributed by atoms with Crippen molar-refractivity contribution in [3.05, 3.63) is 83.6 Å². The van der Waals surface area contributed by atoms with E-state index in [1.165, 1.54) is 11.1 Å². The summed E-state index contributed by atoms with van der Waals surface area (Å²) >= 11 is 0. The third-order valence-corrected chi connectivity index (χ3v) is 10.2. The van der Waals surface area contributed by atoms with Crippen LogP contribution < -0.4 is 4.74 Å². The number of piperidine rings is 1. The van der Waals surface area contributed by atoms with Gasteiger partial charge < -0.3 is 19.5 Å². The maximum atomic E-state index is 13.3. The standard InChI is InChI=1S/C39H52N4O4/c1-6-29-23-41(22-28-13-9-8-10-14-28)20-19-39(29)27-42(24-30-21-31(44)25-43(30)37(45)47-38(3,4)5)26-35-33(39)17-18-34(40-35)32-15-11-12-16-36(32)46-7-2/h8-18,29-31,44H,6-7,19-27H2,1-5H3/t29?,30-,31+,39?/m1/s1. The molecule has 8 nitrogen and oxygen atoms in total. The van der Waals surface area contributed by atoms with E-state index in [1.54, 1.807) is 4.90 Å². The van der Waals surface area contributed by atoms with Gasteiger partial charge in [-0.25, -0.2) is 4.79 Å². The Morgan fingerprint density at radius 2 is 1.77 bits per heavy atom. The molecule has 0 aliphatic carbocycles. The van der Waals surface area contributed by atoms with E-state index in [9.17, 15) is 9.90 Å². The zero-order chi connectivity index (χ0) is 33.2. The second-order valence-corrected chi connectivity index (χ2v) is 14.7. The van der Waals surface area contributed by atoms with Crippen molar-refractivity contribution in [2.45, 2.75) is 90.1 Å². The molecule has 1 amide bonds. The molecule has 0 bridgehead atoms. The summed E-state index contributed by atoms with van der Waals surface area (Å²) in [6.45, 7) is 16.2. The molecule has 252 valence electrons. The molecule has 2 fully saturated rings. The Morgan fingerprint density at radius 1 is 1.00 bits per heavy atom. The minimum Gasteiger partial charge on any atom is -0.493 e. The number of aliphatic hydroxyl groups is 1. The van der Waals surface area contributed by atoms with Gasteiger partial charge >= 0.3 is 6.09 Å². The number of fused-ring (bicyclic) bond motifs is 2. The summed E-state index contributed by atoms with van der Waals surface area (Å²) < 4.78 is 11.8. The number of β-amino-alcohol motifs (C(OH)–C–C–N with tert-alkyl or cyclic N) is 1. The first-order valence-corrected chi connectivity index (χ1v) is 17.5. The molecule has 1 N–H and O–H groups in total. The van der Waals surface area contributed by atoms with Crippen molar-refractivity contribution < 1.29 is 19.4 Å². The second kappa shape index (κ2) is 14.0. The molecule has 3 aliphatic heterocycles. The van der Waals surface area contributed by atoms with Gasteiger partial charge in [0.2, 0.25) is 0 Å². The molecule has 4 atom stereocenters. The molecule has 2 saturated heterocycles. The van der Waals surface area contributed by atoms with Crippen molar-refractivity contribution >= 4 is 6.09 Å². The van der Waals surface area contributed by atoms with Crippen LogP contribution in [0.3, 0.4) is 0 Å². The highest BCUT2D eigenvalue weighted by molar-refractivity contribution is 5.69. The lowest BCUT2D eigenvalue weighted by Crippen LogP contribution is -2.58. The summed E-state index contributed by atoms with van der Waals surface area (Å²) in [5.41, 5.74) is 5.10. The fourth-order valence-electron chi connectivity index (χ4n) is 8.18. The number of nitrogens with zero attached hydrogens (tertiary/aromatic N) is 4. The summed E-state index contributed by atoms with van der Waals surface area (Å²) in [5, 5.41) is 10.7. The Bertz CT molecular complexity index is 1520.